The van der Waals surface area contributed by atoms with E-state index in [9.17, 15) is 13.2 Å². The summed E-state index contributed by atoms with van der Waals surface area (Å²) in [6, 6.07) is 13.4. The topological polar surface area (TPSA) is 95.0 Å². The van der Waals surface area contributed by atoms with E-state index < -0.39 is 27.5 Å². The van der Waals surface area contributed by atoms with E-state index in [2.05, 4.69) is 4.98 Å². The summed E-state index contributed by atoms with van der Waals surface area (Å²) in [6.07, 6.45) is 4.50. The van der Waals surface area contributed by atoms with Gasteiger partial charge in [0.1, 0.15) is 6.10 Å². The maximum absolute atomic E-state index is 13.6. The first-order valence-corrected chi connectivity index (χ1v) is 16.0. The fourth-order valence-electron chi connectivity index (χ4n) is 4.36. The van der Waals surface area contributed by atoms with Crippen LogP contribution in [-0.4, -0.2) is 55.1 Å². The Hall–Kier alpha value is -2.50. The van der Waals surface area contributed by atoms with Crippen molar-refractivity contribution < 1.29 is 27.4 Å². The molecule has 0 bridgehead atoms. The number of sulfonamides is 1. The fourth-order valence-corrected chi connectivity index (χ4v) is 7.94. The number of methoxy groups -OCH3 is 1. The zero-order valence-electron chi connectivity index (χ0n) is 21.7. The Labute approximate surface area is 248 Å². The molecule has 0 amide bonds. The predicted octanol–water partition coefficient (Wildman–Crippen LogP) is 5.78. The quantitative estimate of drug-likeness (QED) is 0.248. The number of ether oxygens (including phenoxy) is 3. The number of hydrogen-bond donors (Lipinski definition) is 0. The van der Waals surface area contributed by atoms with Crippen molar-refractivity contribution in [2.75, 3.05) is 26.0 Å². The molecule has 0 spiro atoms. The molecule has 2 aromatic carbocycles. The largest absolute Gasteiger partial charge is 0.493 e. The van der Waals surface area contributed by atoms with E-state index in [1.807, 2.05) is 0 Å². The Kier molecular flexibility index (Phi) is 9.11. The van der Waals surface area contributed by atoms with Gasteiger partial charge in [-0.3, -0.25) is 4.98 Å². The zero-order valence-corrected chi connectivity index (χ0v) is 24.8. The van der Waals surface area contributed by atoms with Crippen LogP contribution >= 0.6 is 35.0 Å². The maximum atomic E-state index is 13.6. The number of esters is 1. The van der Waals surface area contributed by atoms with Gasteiger partial charge in [-0.25, -0.2) is 13.2 Å². The van der Waals surface area contributed by atoms with Gasteiger partial charge in [-0.05, 0) is 54.2 Å². The summed E-state index contributed by atoms with van der Waals surface area (Å²) >= 11 is 14.1. The Morgan fingerprint density at radius 1 is 1.10 bits per heavy atom. The Balaban J connectivity index is 1.45. The number of halogens is 2. The summed E-state index contributed by atoms with van der Waals surface area (Å²) in [5, 5.41) is -0.383. The Morgan fingerprint density at radius 3 is 2.50 bits per heavy atom. The highest BCUT2D eigenvalue weighted by Crippen LogP contribution is 2.38. The first-order valence-electron chi connectivity index (χ1n) is 12.8. The summed E-state index contributed by atoms with van der Waals surface area (Å²) in [6.45, 7) is 0.757. The van der Waals surface area contributed by atoms with Crippen LogP contribution in [0.15, 0.2) is 65.8 Å². The van der Waals surface area contributed by atoms with E-state index in [0.717, 1.165) is 12.8 Å². The molecule has 40 heavy (non-hydrogen) atoms. The SMILES string of the molecule is COc1ccc(C(Cc2c(Cl)cncc2Cl)OC(=O)C2SCCN2S(=O)(=O)c2ccccc2)cc1OCC1CC1. The summed E-state index contributed by atoms with van der Waals surface area (Å²) in [4.78, 5) is 17.8. The van der Waals surface area contributed by atoms with Crippen LogP contribution in [0.25, 0.3) is 0 Å². The molecule has 1 aliphatic heterocycles. The van der Waals surface area contributed by atoms with Crippen LogP contribution in [0.2, 0.25) is 10.0 Å². The third-order valence-electron chi connectivity index (χ3n) is 6.73. The Bertz CT molecular complexity index is 1450. The predicted molar refractivity (Wildman–Crippen MR) is 155 cm³/mol. The zero-order chi connectivity index (χ0) is 28.3. The van der Waals surface area contributed by atoms with E-state index in [-0.39, 0.29) is 17.9 Å². The van der Waals surface area contributed by atoms with Crippen molar-refractivity contribution in [1.29, 1.82) is 0 Å². The molecule has 0 radical (unpaired) electrons. The van der Waals surface area contributed by atoms with Gasteiger partial charge in [-0.1, -0.05) is 47.5 Å². The molecule has 3 aromatic rings. The van der Waals surface area contributed by atoms with Gasteiger partial charge in [-0.15, -0.1) is 11.8 Å². The second kappa shape index (κ2) is 12.6. The average molecular weight is 624 g/mol. The summed E-state index contributed by atoms with van der Waals surface area (Å²) < 4.78 is 45.5. The third kappa shape index (κ3) is 6.52. The van der Waals surface area contributed by atoms with Crippen molar-refractivity contribution in [3.63, 3.8) is 0 Å². The lowest BCUT2D eigenvalue weighted by atomic mass is 10.0. The number of rotatable bonds is 11. The molecule has 212 valence electrons. The molecule has 2 fully saturated rings. The minimum atomic E-state index is -3.91. The smallest absolute Gasteiger partial charge is 0.335 e. The molecule has 1 aliphatic carbocycles. The second-order valence-electron chi connectivity index (χ2n) is 9.53. The lowest BCUT2D eigenvalue weighted by Crippen LogP contribution is -2.40. The Morgan fingerprint density at radius 2 is 1.82 bits per heavy atom. The van der Waals surface area contributed by atoms with Gasteiger partial charge in [0.05, 0.1) is 28.7 Å². The summed E-state index contributed by atoms with van der Waals surface area (Å²) in [5.74, 6) is 1.39. The first-order chi connectivity index (χ1) is 19.3. The average Bonchev–Trinajstić information content (AvgIpc) is 3.65. The van der Waals surface area contributed by atoms with Crippen molar-refractivity contribution in [3.8, 4) is 11.5 Å². The lowest BCUT2D eigenvalue weighted by molar-refractivity contribution is -0.150. The van der Waals surface area contributed by atoms with Crippen LogP contribution in [-0.2, 0) is 26.0 Å². The van der Waals surface area contributed by atoms with Crippen LogP contribution in [0.5, 0.6) is 11.5 Å². The number of carbonyl (C=O) groups excluding carboxylic acids is 1. The standard InChI is InChI=1S/C28H28Cl2N2O6S2/c1-36-24-10-9-19(13-26(24)37-17-18-7-8-18)25(14-21-22(29)15-31-16-23(21)30)38-28(33)27-32(11-12-39-27)40(34,35)20-5-3-2-4-6-20/h2-6,9-10,13,15-16,18,25,27H,7-8,11-12,14,17H2,1H3. The molecule has 1 aromatic heterocycles. The highest BCUT2D eigenvalue weighted by atomic mass is 35.5. The number of carbonyl (C=O) groups is 1. The summed E-state index contributed by atoms with van der Waals surface area (Å²) in [7, 11) is -2.34. The van der Waals surface area contributed by atoms with Crippen molar-refractivity contribution in [1.82, 2.24) is 9.29 Å². The minimum Gasteiger partial charge on any atom is -0.493 e. The van der Waals surface area contributed by atoms with Crippen LogP contribution in [0.1, 0.15) is 30.1 Å². The van der Waals surface area contributed by atoms with E-state index in [1.165, 1.54) is 40.6 Å². The van der Waals surface area contributed by atoms with Crippen LogP contribution in [0.4, 0.5) is 0 Å². The molecular weight excluding hydrogens is 595 g/mol. The number of thioether (sulfide) groups is 1. The molecule has 0 N–H and O–H groups in total. The van der Waals surface area contributed by atoms with Gasteiger partial charge in [-0.2, -0.15) is 4.31 Å². The van der Waals surface area contributed by atoms with E-state index in [0.29, 0.717) is 50.9 Å². The number of hydrogen-bond acceptors (Lipinski definition) is 8. The van der Waals surface area contributed by atoms with Gasteiger partial charge in [0.25, 0.3) is 0 Å². The molecular formula is C28H28Cl2N2O6S2. The highest BCUT2D eigenvalue weighted by molar-refractivity contribution is 8.02. The second-order valence-corrected chi connectivity index (χ2v) is 13.4. The van der Waals surface area contributed by atoms with Crippen molar-refractivity contribution in [2.24, 2.45) is 5.92 Å². The molecule has 2 unspecified atom stereocenters. The molecule has 12 heteroatoms. The molecule has 2 atom stereocenters. The van der Waals surface area contributed by atoms with Gasteiger partial charge in [0, 0.05) is 31.1 Å². The van der Waals surface area contributed by atoms with Gasteiger partial charge >= 0.3 is 5.97 Å². The maximum Gasteiger partial charge on any atom is 0.335 e. The lowest BCUT2D eigenvalue weighted by Gasteiger charge is -2.26. The van der Waals surface area contributed by atoms with Crippen molar-refractivity contribution >= 4 is 51.0 Å². The first kappa shape index (κ1) is 29.0. The van der Waals surface area contributed by atoms with Crippen LogP contribution in [0.3, 0.4) is 0 Å². The number of nitrogens with zero attached hydrogens (tertiary/aromatic N) is 2. The van der Waals surface area contributed by atoms with Gasteiger partial charge < -0.3 is 14.2 Å². The minimum absolute atomic E-state index is 0.120. The molecule has 1 saturated heterocycles. The monoisotopic (exact) mass is 622 g/mol. The van der Waals surface area contributed by atoms with Crippen molar-refractivity contribution in [3.05, 3.63) is 82.1 Å². The van der Waals surface area contributed by atoms with Gasteiger partial charge in [0.15, 0.2) is 16.9 Å². The molecule has 1 saturated carbocycles. The fraction of sp³-hybridized carbons (Fsp3) is 0.357. The molecule has 2 aliphatic rings. The summed E-state index contributed by atoms with van der Waals surface area (Å²) in [5.41, 5.74) is 1.18. The number of pyridine rings is 1. The van der Waals surface area contributed by atoms with E-state index in [4.69, 9.17) is 37.4 Å². The van der Waals surface area contributed by atoms with Gasteiger partial charge in [0.2, 0.25) is 10.0 Å². The van der Waals surface area contributed by atoms with E-state index >= 15 is 0 Å². The van der Waals surface area contributed by atoms with Crippen LogP contribution < -0.4 is 9.47 Å². The molecule has 8 nitrogen and oxygen atoms in total. The number of aromatic nitrogens is 1. The highest BCUT2D eigenvalue weighted by Gasteiger charge is 2.42. The van der Waals surface area contributed by atoms with Crippen molar-refractivity contribution in [2.45, 2.75) is 35.6 Å². The van der Waals surface area contributed by atoms with Crippen LogP contribution in [0, 0.1) is 5.92 Å². The third-order valence-corrected chi connectivity index (χ3v) is 10.6. The number of benzene rings is 2. The molecule has 5 rings (SSSR count). The molecule has 2 heterocycles. The van der Waals surface area contributed by atoms with E-state index in [1.54, 1.807) is 43.5 Å². The normalized spacial score (nSPS) is 18.3.